The average Bonchev–Trinajstić information content (AvgIpc) is 3.51. The molecule has 6 aromatic rings. The third kappa shape index (κ3) is 17.5. The Morgan fingerprint density at radius 3 is 1.15 bits per heavy atom. The summed E-state index contributed by atoms with van der Waals surface area (Å²) >= 11 is 0. The van der Waals surface area contributed by atoms with Gasteiger partial charge in [0.05, 0.1) is 52.9 Å². The molecule has 0 aromatic heterocycles. The summed E-state index contributed by atoms with van der Waals surface area (Å²) in [4.78, 5) is 25.4. The van der Waals surface area contributed by atoms with E-state index in [2.05, 4.69) is 33.9 Å². The second-order valence-electron chi connectivity index (χ2n) is 21.0. The molecule has 2 aliphatic heterocycles. The molecule has 0 aliphatic carbocycles. The minimum Gasteiger partial charge on any atom is -0.433 e. The predicted octanol–water partition coefficient (Wildman–Crippen LogP) is 11.8. The van der Waals surface area contributed by atoms with E-state index < -0.39 is 84.3 Å². The van der Waals surface area contributed by atoms with Crippen molar-refractivity contribution >= 4 is 22.9 Å². The summed E-state index contributed by atoms with van der Waals surface area (Å²) in [5, 5.41) is -0.201. The number of carbonyl (C=O) groups is 1. The van der Waals surface area contributed by atoms with Crippen LogP contribution in [0.25, 0.3) is 0 Å². The van der Waals surface area contributed by atoms with Gasteiger partial charge in [-0.15, -0.1) is 0 Å². The Kier molecular flexibility index (Phi) is 22.3. The van der Waals surface area contributed by atoms with Crippen LogP contribution in [0.3, 0.4) is 0 Å². The van der Waals surface area contributed by atoms with Crippen LogP contribution in [-0.4, -0.2) is 93.8 Å². The third-order valence-electron chi connectivity index (χ3n) is 14.0. The van der Waals surface area contributed by atoms with Crippen LogP contribution >= 0.6 is 8.60 Å². The fourth-order valence-corrected chi connectivity index (χ4v) is 11.1. The molecule has 14 nitrogen and oxygen atoms in total. The average molecular weight is 1100 g/mol. The van der Waals surface area contributed by atoms with Crippen LogP contribution in [0.15, 0.2) is 182 Å². The van der Waals surface area contributed by atoms with Crippen molar-refractivity contribution < 1.29 is 65.8 Å². The molecule has 1 N–H and O–H groups in total. The van der Waals surface area contributed by atoms with Crippen molar-refractivity contribution in [3.8, 4) is 0 Å². The second-order valence-corrected chi connectivity index (χ2v) is 26.7. The van der Waals surface area contributed by atoms with Gasteiger partial charge in [0.25, 0.3) is 0 Å². The maximum absolute atomic E-state index is 12.9. The van der Waals surface area contributed by atoms with Gasteiger partial charge < -0.3 is 56.5 Å². The van der Waals surface area contributed by atoms with Gasteiger partial charge >= 0.3 is 14.6 Å². The normalized spacial score (nSPS) is 24.1. The molecule has 11 atom stereocenters. The lowest BCUT2D eigenvalue weighted by Crippen LogP contribution is -2.64. The maximum atomic E-state index is 12.9. The first kappa shape index (κ1) is 59.1. The number of rotatable bonds is 27. The molecule has 6 aromatic carbocycles. The van der Waals surface area contributed by atoms with E-state index in [9.17, 15) is 9.69 Å². The molecule has 0 amide bonds. The van der Waals surface area contributed by atoms with Crippen molar-refractivity contribution in [2.24, 2.45) is 0 Å². The second kappa shape index (κ2) is 29.4. The van der Waals surface area contributed by atoms with Crippen molar-refractivity contribution in [2.45, 2.75) is 147 Å². The quantitative estimate of drug-likeness (QED) is 0.0296. The molecule has 8 rings (SSSR count). The lowest BCUT2D eigenvalue weighted by atomic mass is 9.98. The summed E-state index contributed by atoms with van der Waals surface area (Å²) in [6, 6.07) is 58.5. The van der Waals surface area contributed by atoms with Crippen LogP contribution in [0.2, 0.25) is 18.1 Å². The molecule has 16 heteroatoms. The fourth-order valence-electron chi connectivity index (χ4n) is 8.91. The zero-order valence-electron chi connectivity index (χ0n) is 45.5. The van der Waals surface area contributed by atoms with Crippen LogP contribution in [0.4, 0.5) is 0 Å². The topological polar surface area (TPSA) is 148 Å². The van der Waals surface area contributed by atoms with E-state index in [1.165, 1.54) is 6.92 Å². The third-order valence-corrected chi connectivity index (χ3v) is 19.3. The first-order valence-electron chi connectivity index (χ1n) is 26.6. The van der Waals surface area contributed by atoms with Crippen LogP contribution in [-0.2, 0) is 101 Å². The zero-order valence-corrected chi connectivity index (χ0v) is 47.3. The highest BCUT2D eigenvalue weighted by atomic mass is 31.2. The number of hydrogen-bond acceptors (Lipinski definition) is 14. The monoisotopic (exact) mass is 1100 g/mol. The molecule has 78 heavy (non-hydrogen) atoms. The van der Waals surface area contributed by atoms with E-state index in [0.29, 0.717) is 6.61 Å². The van der Waals surface area contributed by atoms with E-state index in [0.717, 1.165) is 33.4 Å². The van der Waals surface area contributed by atoms with Gasteiger partial charge in [0, 0.05) is 6.92 Å². The predicted molar refractivity (Wildman–Crippen MR) is 299 cm³/mol. The zero-order chi connectivity index (χ0) is 54.7. The Labute approximate surface area is 462 Å². The van der Waals surface area contributed by atoms with Gasteiger partial charge in [0.1, 0.15) is 48.8 Å². The molecule has 2 unspecified atom stereocenters. The Morgan fingerprint density at radius 1 is 0.462 bits per heavy atom. The Morgan fingerprint density at radius 2 is 0.782 bits per heavy atom. The van der Waals surface area contributed by atoms with Gasteiger partial charge in [-0.1, -0.05) is 203 Å². The Bertz CT molecular complexity index is 2640. The summed E-state index contributed by atoms with van der Waals surface area (Å²) in [5.74, 6) is -0.593. The van der Waals surface area contributed by atoms with Gasteiger partial charge in [-0.25, -0.2) is 0 Å². The Hall–Kier alpha value is -5.04. The van der Waals surface area contributed by atoms with Crippen LogP contribution in [0, 0.1) is 0 Å². The molecule has 2 saturated heterocycles. The van der Waals surface area contributed by atoms with Gasteiger partial charge in [-0.3, -0.25) is 9.32 Å². The van der Waals surface area contributed by atoms with E-state index in [4.69, 9.17) is 56.1 Å². The summed E-state index contributed by atoms with van der Waals surface area (Å²) in [6.07, 6.45) is -10.2. The van der Waals surface area contributed by atoms with Crippen molar-refractivity contribution in [3.05, 3.63) is 215 Å². The first-order valence-corrected chi connectivity index (χ1v) is 30.7. The van der Waals surface area contributed by atoms with E-state index in [-0.39, 0.29) is 51.3 Å². The molecule has 0 radical (unpaired) electrons. The van der Waals surface area contributed by atoms with Crippen molar-refractivity contribution in [3.63, 3.8) is 0 Å². The molecule has 416 valence electrons. The molecule has 0 saturated carbocycles. The maximum Gasteiger partial charge on any atom is 0.332 e. The van der Waals surface area contributed by atoms with E-state index in [1.807, 2.05) is 182 Å². The summed E-state index contributed by atoms with van der Waals surface area (Å²) in [6.45, 7) is 13.4. The fraction of sp³-hybridized carbons (Fsp3) is 0.403. The summed E-state index contributed by atoms with van der Waals surface area (Å²) < 4.78 is 80.6. The number of ether oxygens (including phenoxy) is 9. The van der Waals surface area contributed by atoms with Crippen LogP contribution in [0.5, 0.6) is 0 Å². The highest BCUT2D eigenvalue weighted by molar-refractivity contribution is 7.40. The molecule has 2 heterocycles. The van der Waals surface area contributed by atoms with Gasteiger partial charge in [-0.05, 0) is 51.5 Å². The van der Waals surface area contributed by atoms with Gasteiger partial charge in [0.15, 0.2) is 14.6 Å². The molecule has 2 aliphatic rings. The lowest BCUT2D eigenvalue weighted by molar-refractivity contribution is -0.314. The minimum atomic E-state index is -2.91. The van der Waals surface area contributed by atoms with Gasteiger partial charge in [0.2, 0.25) is 6.29 Å². The molecule has 0 bridgehead atoms. The number of esters is 1. The highest BCUT2D eigenvalue weighted by Gasteiger charge is 2.55. The smallest absolute Gasteiger partial charge is 0.332 e. The number of benzene rings is 6. The summed E-state index contributed by atoms with van der Waals surface area (Å²) in [5.41, 5.74) is 5.47. The molecular weight excluding hydrogens is 1030 g/mol. The Balaban J connectivity index is 1.16. The summed E-state index contributed by atoms with van der Waals surface area (Å²) in [7, 11) is -5.49. The lowest BCUT2D eigenvalue weighted by Gasteiger charge is -2.50. The number of carbonyl (C=O) groups excluding carboxylic acids is 1. The SMILES string of the molecule is CC(=O)OC1O[C@H](COCc2ccccc2)[C@@H](OP(O)O[C@H]2O[C@H](COCc3ccccc3)[C@@H](O[Si](C)(C)C(C)(C)C)[C@H](OCc3ccccc3)[C@H]2OCc2ccccc2)[C@H](OCc2ccccc2)[C@H]1OCc1ccccc1. The van der Waals surface area contributed by atoms with E-state index >= 15 is 0 Å². The van der Waals surface area contributed by atoms with Gasteiger partial charge in [-0.2, -0.15) is 0 Å². The standard InChI is InChI=1S/C62H75O14PSi/c1-45(63)71-60-58(69-41-50-33-21-11-22-34-50)56(67-39-48-29-17-9-18-30-48)54(52(72-60)43-65-37-46-25-13-7-14-26-46)74-77(64)75-61-59(70-42-51-35-23-12-24-36-51)57(68-40-49-31-19-10-20-32-49)55(76-78(5,6)62(2,3)4)53(73-61)44-66-38-47-27-15-8-16-28-47/h7-36,52-61,64H,37-44H2,1-6H3/t52-,53-,54-,55-,56+,57+,58-,59-,60?,61-,77?/m1/s1. The van der Waals surface area contributed by atoms with Crippen molar-refractivity contribution in [2.75, 3.05) is 13.2 Å². The first-order chi connectivity index (χ1) is 37.8. The van der Waals surface area contributed by atoms with Crippen LogP contribution in [0.1, 0.15) is 61.1 Å². The van der Waals surface area contributed by atoms with Crippen molar-refractivity contribution in [1.82, 2.24) is 0 Å². The largest absolute Gasteiger partial charge is 0.433 e. The van der Waals surface area contributed by atoms with Crippen molar-refractivity contribution in [1.29, 1.82) is 0 Å². The van der Waals surface area contributed by atoms with E-state index in [1.54, 1.807) is 0 Å². The molecule has 2 fully saturated rings. The molecular formula is C62H75O14PSi. The highest BCUT2D eigenvalue weighted by Crippen LogP contribution is 2.46. The minimum absolute atomic E-state index is 0.0669. The number of hydrogen-bond donors (Lipinski definition) is 1. The molecule has 0 spiro atoms. The van der Waals surface area contributed by atoms with Crippen LogP contribution < -0.4 is 0 Å².